The minimum absolute atomic E-state index is 0.0163. The summed E-state index contributed by atoms with van der Waals surface area (Å²) in [4.78, 5) is 13.9. The van der Waals surface area contributed by atoms with Crippen LogP contribution in [0.25, 0.3) is 0 Å². The topological polar surface area (TPSA) is 41.6 Å². The molecule has 0 saturated carbocycles. The second kappa shape index (κ2) is 7.29. The van der Waals surface area contributed by atoms with Gasteiger partial charge in [0.1, 0.15) is 5.75 Å². The van der Waals surface area contributed by atoms with Crippen molar-refractivity contribution in [2.24, 2.45) is 5.92 Å². The normalized spacial score (nSPS) is 18.4. The first kappa shape index (κ1) is 15.6. The number of likely N-dealkylation sites (tertiary alicyclic amines) is 1. The van der Waals surface area contributed by atoms with E-state index in [1.165, 1.54) is 0 Å². The van der Waals surface area contributed by atoms with E-state index in [2.05, 4.69) is 21.2 Å². The van der Waals surface area contributed by atoms with Crippen LogP contribution >= 0.6 is 27.5 Å². The van der Waals surface area contributed by atoms with E-state index < -0.39 is 0 Å². The fourth-order valence-electron chi connectivity index (χ4n) is 2.34. The number of nitrogens with one attached hydrogen (secondary N) is 1. The fraction of sp³-hybridized carbons (Fsp3) is 0.500. The Bertz CT molecular complexity index is 484. The Hall–Kier alpha value is -0.780. The molecule has 1 heterocycles. The van der Waals surface area contributed by atoms with Gasteiger partial charge in [0.2, 0.25) is 0 Å². The quantitative estimate of drug-likeness (QED) is 0.876. The summed E-state index contributed by atoms with van der Waals surface area (Å²) in [6.07, 6.45) is 1.05. The third-order valence-corrected chi connectivity index (χ3v) is 4.17. The monoisotopic (exact) mass is 360 g/mol. The van der Waals surface area contributed by atoms with E-state index >= 15 is 0 Å². The molecule has 1 aromatic carbocycles. The molecule has 1 aromatic rings. The number of halogens is 2. The predicted octanol–water partition coefficient (Wildman–Crippen LogP) is 2.55. The minimum atomic E-state index is 0.0163. The Kier molecular flexibility index (Phi) is 5.69. The summed E-state index contributed by atoms with van der Waals surface area (Å²) >= 11 is 9.38. The van der Waals surface area contributed by atoms with E-state index in [-0.39, 0.29) is 12.5 Å². The first-order valence-corrected chi connectivity index (χ1v) is 7.77. The number of ether oxygens (including phenoxy) is 1. The second-order valence-electron chi connectivity index (χ2n) is 4.92. The molecule has 6 heteroatoms. The zero-order valence-corrected chi connectivity index (χ0v) is 13.7. The molecule has 1 fully saturated rings. The van der Waals surface area contributed by atoms with Gasteiger partial charge in [-0.15, -0.1) is 0 Å². The van der Waals surface area contributed by atoms with Crippen LogP contribution in [0.15, 0.2) is 22.7 Å². The van der Waals surface area contributed by atoms with Gasteiger partial charge in [-0.2, -0.15) is 0 Å². The molecule has 1 aliphatic heterocycles. The molecule has 1 N–H and O–H groups in total. The second-order valence-corrected chi connectivity index (χ2v) is 6.24. The van der Waals surface area contributed by atoms with Crippen molar-refractivity contribution >= 4 is 33.4 Å². The SMILES string of the molecule is CNCC1CCN(C(=O)COc2ccc(Br)cc2Cl)C1. The van der Waals surface area contributed by atoms with Crippen molar-refractivity contribution in [2.45, 2.75) is 6.42 Å². The number of hydrogen-bond donors (Lipinski definition) is 1. The van der Waals surface area contributed by atoms with Gasteiger partial charge in [-0.05, 0) is 44.1 Å². The number of carbonyl (C=O) groups is 1. The molecule has 0 radical (unpaired) electrons. The number of nitrogens with zero attached hydrogens (tertiary/aromatic N) is 1. The first-order valence-electron chi connectivity index (χ1n) is 6.60. The lowest BCUT2D eigenvalue weighted by molar-refractivity contribution is -0.132. The maximum absolute atomic E-state index is 12.1. The van der Waals surface area contributed by atoms with Gasteiger partial charge in [0, 0.05) is 17.6 Å². The summed E-state index contributed by atoms with van der Waals surface area (Å²) in [5, 5.41) is 3.65. The van der Waals surface area contributed by atoms with Crippen molar-refractivity contribution in [3.8, 4) is 5.75 Å². The van der Waals surface area contributed by atoms with Crippen LogP contribution < -0.4 is 10.1 Å². The molecule has 0 bridgehead atoms. The number of amides is 1. The van der Waals surface area contributed by atoms with Gasteiger partial charge < -0.3 is 15.0 Å². The van der Waals surface area contributed by atoms with Gasteiger partial charge in [0.25, 0.3) is 5.91 Å². The van der Waals surface area contributed by atoms with E-state index in [1.54, 1.807) is 12.1 Å². The number of benzene rings is 1. The Balaban J connectivity index is 1.83. The molecule has 20 heavy (non-hydrogen) atoms. The van der Waals surface area contributed by atoms with Crippen LogP contribution in [0.3, 0.4) is 0 Å². The summed E-state index contributed by atoms with van der Waals surface area (Å²) in [6, 6.07) is 5.35. The average molecular weight is 362 g/mol. The van der Waals surface area contributed by atoms with Crippen LogP contribution in [0.2, 0.25) is 5.02 Å². The van der Waals surface area contributed by atoms with Crippen molar-refractivity contribution in [1.82, 2.24) is 10.2 Å². The average Bonchev–Trinajstić information content (AvgIpc) is 2.86. The molecule has 1 unspecified atom stereocenters. The lowest BCUT2D eigenvalue weighted by atomic mass is 10.1. The third-order valence-electron chi connectivity index (χ3n) is 3.38. The van der Waals surface area contributed by atoms with Gasteiger partial charge in [-0.3, -0.25) is 4.79 Å². The summed E-state index contributed by atoms with van der Waals surface area (Å²) in [7, 11) is 1.93. The zero-order valence-electron chi connectivity index (χ0n) is 11.4. The van der Waals surface area contributed by atoms with Gasteiger partial charge >= 0.3 is 0 Å². The summed E-state index contributed by atoms with van der Waals surface area (Å²) < 4.78 is 6.39. The van der Waals surface area contributed by atoms with Crippen molar-refractivity contribution in [2.75, 3.05) is 33.3 Å². The van der Waals surface area contributed by atoms with Gasteiger partial charge in [0.15, 0.2) is 6.61 Å². The van der Waals surface area contributed by atoms with Gasteiger partial charge in [-0.25, -0.2) is 0 Å². The lowest BCUT2D eigenvalue weighted by Gasteiger charge is -2.17. The Morgan fingerprint density at radius 1 is 1.60 bits per heavy atom. The molecule has 2 rings (SSSR count). The van der Waals surface area contributed by atoms with Gasteiger partial charge in [-0.1, -0.05) is 27.5 Å². The summed E-state index contributed by atoms with van der Waals surface area (Å²) in [6.45, 7) is 2.59. The van der Waals surface area contributed by atoms with E-state index in [0.717, 1.165) is 30.5 Å². The number of carbonyl (C=O) groups excluding carboxylic acids is 1. The van der Waals surface area contributed by atoms with Crippen LogP contribution in [0, 0.1) is 5.92 Å². The molecular weight excluding hydrogens is 344 g/mol. The van der Waals surface area contributed by atoms with E-state index in [0.29, 0.717) is 16.7 Å². The molecule has 0 aromatic heterocycles. The largest absolute Gasteiger partial charge is 0.482 e. The molecule has 1 atom stereocenters. The standard InChI is InChI=1S/C14H18BrClN2O2/c1-17-7-10-4-5-18(8-10)14(19)9-20-13-3-2-11(15)6-12(13)16/h2-3,6,10,17H,4-5,7-9H2,1H3. The van der Waals surface area contributed by atoms with Crippen LogP contribution in [0.5, 0.6) is 5.75 Å². The van der Waals surface area contributed by atoms with Crippen molar-refractivity contribution in [3.63, 3.8) is 0 Å². The van der Waals surface area contributed by atoms with Crippen LogP contribution in [-0.4, -0.2) is 44.1 Å². The zero-order chi connectivity index (χ0) is 14.5. The maximum Gasteiger partial charge on any atom is 0.260 e. The van der Waals surface area contributed by atoms with Crippen molar-refractivity contribution in [1.29, 1.82) is 0 Å². The highest BCUT2D eigenvalue weighted by Gasteiger charge is 2.25. The Morgan fingerprint density at radius 3 is 3.10 bits per heavy atom. The Morgan fingerprint density at radius 2 is 2.40 bits per heavy atom. The van der Waals surface area contributed by atoms with E-state index in [1.807, 2.05) is 18.0 Å². The fourth-order valence-corrected chi connectivity index (χ4v) is 3.07. The number of hydrogen-bond acceptors (Lipinski definition) is 3. The minimum Gasteiger partial charge on any atom is -0.482 e. The summed E-state index contributed by atoms with van der Waals surface area (Å²) in [5.41, 5.74) is 0. The molecule has 1 saturated heterocycles. The number of rotatable bonds is 5. The highest BCUT2D eigenvalue weighted by Crippen LogP contribution is 2.27. The van der Waals surface area contributed by atoms with Crippen LogP contribution in [-0.2, 0) is 4.79 Å². The smallest absolute Gasteiger partial charge is 0.260 e. The van der Waals surface area contributed by atoms with Crippen LogP contribution in [0.1, 0.15) is 6.42 Å². The highest BCUT2D eigenvalue weighted by atomic mass is 79.9. The Labute approximate surface area is 132 Å². The highest BCUT2D eigenvalue weighted by molar-refractivity contribution is 9.10. The molecule has 0 aliphatic carbocycles. The molecule has 1 amide bonds. The maximum atomic E-state index is 12.1. The van der Waals surface area contributed by atoms with E-state index in [4.69, 9.17) is 16.3 Å². The lowest BCUT2D eigenvalue weighted by Crippen LogP contribution is -2.34. The molecule has 110 valence electrons. The summed E-state index contributed by atoms with van der Waals surface area (Å²) in [5.74, 6) is 1.09. The van der Waals surface area contributed by atoms with Crippen molar-refractivity contribution < 1.29 is 9.53 Å². The first-order chi connectivity index (χ1) is 9.60. The molecular formula is C14H18BrClN2O2. The predicted molar refractivity (Wildman–Crippen MR) is 83.3 cm³/mol. The van der Waals surface area contributed by atoms with E-state index in [9.17, 15) is 4.79 Å². The third kappa shape index (κ3) is 4.11. The van der Waals surface area contributed by atoms with Gasteiger partial charge in [0.05, 0.1) is 5.02 Å². The molecule has 1 aliphatic rings. The van der Waals surface area contributed by atoms with Crippen molar-refractivity contribution in [3.05, 3.63) is 27.7 Å². The van der Waals surface area contributed by atoms with Crippen LogP contribution in [0.4, 0.5) is 0 Å². The molecule has 0 spiro atoms. The molecule has 4 nitrogen and oxygen atoms in total.